The second-order valence-corrected chi connectivity index (χ2v) is 9.76. The molecule has 0 atom stereocenters. The fraction of sp³-hybridized carbons (Fsp3) is 0.379. The van der Waals surface area contributed by atoms with Crippen molar-refractivity contribution >= 4 is 29.0 Å². The van der Waals surface area contributed by atoms with Crippen molar-refractivity contribution in [3.63, 3.8) is 0 Å². The third-order valence-electron chi connectivity index (χ3n) is 7.08. The van der Waals surface area contributed by atoms with Gasteiger partial charge in [-0.1, -0.05) is 26.0 Å². The number of hydrogen-bond acceptors (Lipinski definition) is 7. The van der Waals surface area contributed by atoms with E-state index in [-0.39, 0.29) is 17.9 Å². The quantitative estimate of drug-likeness (QED) is 0.437. The number of benzene rings is 1. The number of anilines is 2. The lowest BCUT2D eigenvalue weighted by atomic mass is 10.1. The number of aromatic nitrogens is 3. The van der Waals surface area contributed by atoms with Gasteiger partial charge in [0.15, 0.2) is 5.82 Å². The van der Waals surface area contributed by atoms with E-state index in [2.05, 4.69) is 39.3 Å². The number of fused-ring (bicyclic) bond motifs is 1. The van der Waals surface area contributed by atoms with E-state index in [1.54, 1.807) is 29.4 Å². The van der Waals surface area contributed by atoms with Crippen molar-refractivity contribution < 1.29 is 14.3 Å². The van der Waals surface area contributed by atoms with Crippen molar-refractivity contribution in [2.24, 2.45) is 0 Å². The Morgan fingerprint density at radius 1 is 1.08 bits per heavy atom. The van der Waals surface area contributed by atoms with Gasteiger partial charge in [0, 0.05) is 49.6 Å². The minimum absolute atomic E-state index is 0.0376. The van der Waals surface area contributed by atoms with Gasteiger partial charge >= 0.3 is 0 Å². The van der Waals surface area contributed by atoms with Crippen molar-refractivity contribution in [1.29, 1.82) is 0 Å². The number of ether oxygens (including phenoxy) is 1. The number of nitrogens with zero attached hydrogens (tertiary/aromatic N) is 5. The molecular weight excluding hydrogens is 494 g/mol. The molecule has 1 fully saturated rings. The van der Waals surface area contributed by atoms with E-state index in [1.807, 2.05) is 41.2 Å². The number of pyridine rings is 1. The summed E-state index contributed by atoms with van der Waals surface area (Å²) in [5.74, 6) is 1.41. The molecule has 1 saturated heterocycles. The number of morpholine rings is 1. The van der Waals surface area contributed by atoms with Crippen molar-refractivity contribution in [2.45, 2.75) is 45.8 Å². The molecule has 2 aromatic heterocycles. The van der Waals surface area contributed by atoms with E-state index in [4.69, 9.17) is 4.74 Å². The zero-order chi connectivity index (χ0) is 27.2. The molecule has 2 aliphatic heterocycles. The second kappa shape index (κ2) is 12.1. The number of hydrogen-bond donors (Lipinski definition) is 2. The van der Waals surface area contributed by atoms with Gasteiger partial charge in [-0.2, -0.15) is 0 Å². The molecule has 10 heteroatoms. The van der Waals surface area contributed by atoms with Crippen LogP contribution >= 0.6 is 0 Å². The third-order valence-corrected chi connectivity index (χ3v) is 7.08. The summed E-state index contributed by atoms with van der Waals surface area (Å²) in [5, 5.41) is 6.48. The minimum Gasteiger partial charge on any atom is -0.378 e. The van der Waals surface area contributed by atoms with E-state index in [0.717, 1.165) is 35.6 Å². The lowest BCUT2D eigenvalue weighted by Gasteiger charge is -2.29. The largest absolute Gasteiger partial charge is 0.378 e. The molecule has 3 aromatic rings. The first-order valence-corrected chi connectivity index (χ1v) is 13.5. The Hall–Kier alpha value is -4.18. The Balaban J connectivity index is 1.31. The van der Waals surface area contributed by atoms with Crippen LogP contribution in [0.15, 0.2) is 61.2 Å². The van der Waals surface area contributed by atoms with Crippen LogP contribution in [-0.2, 0) is 22.6 Å². The minimum atomic E-state index is -0.0376. The van der Waals surface area contributed by atoms with Crippen LogP contribution in [0.2, 0.25) is 0 Å². The summed E-state index contributed by atoms with van der Waals surface area (Å²) in [6.07, 6.45) is 9.48. The number of carbonyl (C=O) groups is 2. The highest BCUT2D eigenvalue weighted by Gasteiger charge is 2.22. The van der Waals surface area contributed by atoms with Gasteiger partial charge in [0.1, 0.15) is 12.5 Å². The Kier molecular flexibility index (Phi) is 8.21. The van der Waals surface area contributed by atoms with Gasteiger partial charge in [-0.15, -0.1) is 0 Å². The summed E-state index contributed by atoms with van der Waals surface area (Å²) in [5.41, 5.74) is 3.26. The summed E-state index contributed by atoms with van der Waals surface area (Å²) in [4.78, 5) is 38.2. The van der Waals surface area contributed by atoms with Crippen LogP contribution in [0.3, 0.4) is 0 Å². The smallest absolute Gasteiger partial charge is 0.255 e. The van der Waals surface area contributed by atoms with Crippen LogP contribution in [0.25, 0.3) is 5.70 Å². The molecule has 4 heterocycles. The van der Waals surface area contributed by atoms with Gasteiger partial charge in [0.05, 0.1) is 30.9 Å². The van der Waals surface area contributed by atoms with Crippen LogP contribution in [0.1, 0.15) is 48.4 Å². The summed E-state index contributed by atoms with van der Waals surface area (Å²) in [6, 6.07) is 11.8. The third kappa shape index (κ3) is 6.28. The van der Waals surface area contributed by atoms with Crippen LogP contribution in [0, 0.1) is 0 Å². The first-order valence-electron chi connectivity index (χ1n) is 13.5. The number of nitrogens with one attached hydrogen (secondary N) is 2. The molecule has 0 unspecified atom stereocenters. The normalized spacial score (nSPS) is 15.1. The molecule has 0 spiro atoms. The van der Waals surface area contributed by atoms with Crippen LogP contribution in [0.4, 0.5) is 11.5 Å². The fourth-order valence-electron chi connectivity index (χ4n) is 4.81. The first-order chi connectivity index (χ1) is 19.0. The maximum absolute atomic E-state index is 12.8. The standard InChI is InChI=1S/C29H35N7O3/c1-3-23(4-2)32-27(37)17-21-6-5-7-24(16-21)36-19-25(28-30-10-11-35(28)20-36)33-26-9-8-22(18-31-26)29(38)34-12-14-39-15-13-34/h5-11,16,18-19,23H,3-4,12-15,17,20H2,1-2H3,(H,31,33)(H,32,37). The fourth-order valence-corrected chi connectivity index (χ4v) is 4.81. The monoisotopic (exact) mass is 529 g/mol. The Morgan fingerprint density at radius 2 is 1.90 bits per heavy atom. The SMILES string of the molecule is CCC(CC)NC(=O)Cc1cccc(N2C=C(Nc3ccc(C(=O)N4CCOCC4)cn3)c3nccn3C2)c1. The molecule has 10 nitrogen and oxygen atoms in total. The van der Waals surface area contributed by atoms with Gasteiger partial charge in [-0.3, -0.25) is 9.59 Å². The molecule has 5 rings (SSSR count). The lowest BCUT2D eigenvalue weighted by Crippen LogP contribution is -2.40. The molecule has 0 saturated carbocycles. The first kappa shape index (κ1) is 26.4. The lowest BCUT2D eigenvalue weighted by molar-refractivity contribution is -0.121. The average molecular weight is 530 g/mol. The van der Waals surface area contributed by atoms with Crippen molar-refractivity contribution in [3.8, 4) is 0 Å². The number of amides is 2. The molecular formula is C29H35N7O3. The van der Waals surface area contributed by atoms with Gasteiger partial charge in [0.25, 0.3) is 5.91 Å². The second-order valence-electron chi connectivity index (χ2n) is 9.76. The summed E-state index contributed by atoms with van der Waals surface area (Å²) in [6.45, 7) is 7.06. The van der Waals surface area contributed by atoms with Gasteiger partial charge in [-0.05, 0) is 42.7 Å². The van der Waals surface area contributed by atoms with Crippen molar-refractivity contribution in [2.75, 3.05) is 36.5 Å². The maximum Gasteiger partial charge on any atom is 0.255 e. The molecule has 0 aliphatic carbocycles. The maximum atomic E-state index is 12.8. The Morgan fingerprint density at radius 3 is 2.64 bits per heavy atom. The molecule has 1 aromatic carbocycles. The van der Waals surface area contributed by atoms with E-state index < -0.39 is 0 Å². The van der Waals surface area contributed by atoms with Crippen LogP contribution < -0.4 is 15.5 Å². The highest BCUT2D eigenvalue weighted by molar-refractivity contribution is 5.94. The van der Waals surface area contributed by atoms with E-state index in [1.165, 1.54) is 0 Å². The molecule has 2 N–H and O–H groups in total. The van der Waals surface area contributed by atoms with Crippen molar-refractivity contribution in [3.05, 3.63) is 78.1 Å². The van der Waals surface area contributed by atoms with Crippen LogP contribution in [-0.4, -0.2) is 63.6 Å². The Labute approximate surface area is 228 Å². The average Bonchev–Trinajstić information content (AvgIpc) is 3.46. The predicted octanol–water partition coefficient (Wildman–Crippen LogP) is 3.49. The number of carbonyl (C=O) groups excluding carboxylic acids is 2. The highest BCUT2D eigenvalue weighted by Crippen LogP contribution is 2.27. The molecule has 204 valence electrons. The van der Waals surface area contributed by atoms with E-state index in [0.29, 0.717) is 50.8 Å². The van der Waals surface area contributed by atoms with Gasteiger partial charge in [-0.25, -0.2) is 9.97 Å². The van der Waals surface area contributed by atoms with E-state index in [9.17, 15) is 9.59 Å². The topological polar surface area (TPSA) is 105 Å². The number of rotatable bonds is 9. The molecule has 2 aliphatic rings. The molecule has 0 radical (unpaired) electrons. The zero-order valence-electron chi connectivity index (χ0n) is 22.5. The predicted molar refractivity (Wildman–Crippen MR) is 150 cm³/mol. The zero-order valence-corrected chi connectivity index (χ0v) is 22.5. The summed E-state index contributed by atoms with van der Waals surface area (Å²) < 4.78 is 7.39. The Bertz CT molecular complexity index is 1320. The summed E-state index contributed by atoms with van der Waals surface area (Å²) >= 11 is 0. The highest BCUT2D eigenvalue weighted by atomic mass is 16.5. The summed E-state index contributed by atoms with van der Waals surface area (Å²) in [7, 11) is 0. The van der Waals surface area contributed by atoms with Crippen molar-refractivity contribution in [1.82, 2.24) is 24.8 Å². The van der Waals surface area contributed by atoms with Gasteiger partial charge in [0.2, 0.25) is 5.91 Å². The molecule has 0 bridgehead atoms. The number of imidazole rings is 1. The van der Waals surface area contributed by atoms with E-state index >= 15 is 0 Å². The molecule has 39 heavy (non-hydrogen) atoms. The molecule has 2 amide bonds. The van der Waals surface area contributed by atoms with Gasteiger partial charge < -0.3 is 29.7 Å². The van der Waals surface area contributed by atoms with Crippen LogP contribution in [0.5, 0.6) is 0 Å².